The van der Waals surface area contributed by atoms with Crippen molar-refractivity contribution in [1.29, 1.82) is 0 Å². The SMILES string of the molecule is CCCCC/C=C\C/C=C\C/C=C\C/C=C\CCCC(=O)OC[C@H](COP(=O)(O)OC[C@@H](O)COP(=O)(O)OC[C@@H](COC(=O)CCCCCCC/C=C\C=C/CCCCCC)OC(=O)CCC/C=C\C/C=C\C/C=C\C/C=C\CCCCC)OC(=O)CCCCCCC/C=C\C/C=C\CCCCC. The number of aliphatic hydroxyl groups excluding tert-OH is 1. The molecule has 0 aliphatic heterocycles. The number of carbonyl (C=O) groups excluding carboxylic acids is 4. The molecule has 0 fully saturated rings. The Morgan fingerprint density at radius 2 is 0.510 bits per heavy atom. The van der Waals surface area contributed by atoms with Gasteiger partial charge in [-0.25, -0.2) is 9.13 Å². The molecular formula is C85H142O17P2. The van der Waals surface area contributed by atoms with E-state index >= 15 is 0 Å². The molecule has 19 heteroatoms. The van der Waals surface area contributed by atoms with Crippen LogP contribution in [0.15, 0.2) is 146 Å². The molecule has 104 heavy (non-hydrogen) atoms. The molecule has 0 aromatic carbocycles. The molecule has 0 aromatic rings. The molecule has 0 radical (unpaired) electrons. The Hall–Kier alpha value is -5.06. The Balaban J connectivity index is 5.50. The number of ether oxygens (including phenoxy) is 4. The number of unbranched alkanes of at least 4 members (excludes halogenated alkanes) is 25. The van der Waals surface area contributed by atoms with Gasteiger partial charge in [-0.3, -0.25) is 37.3 Å². The summed E-state index contributed by atoms with van der Waals surface area (Å²) in [4.78, 5) is 73.0. The molecule has 0 heterocycles. The molecule has 0 aromatic heterocycles. The van der Waals surface area contributed by atoms with Crippen molar-refractivity contribution in [3.8, 4) is 0 Å². The van der Waals surface area contributed by atoms with E-state index in [-0.39, 0.29) is 25.7 Å². The topological polar surface area (TPSA) is 237 Å². The number of aliphatic hydroxyl groups is 1. The highest BCUT2D eigenvalue weighted by Gasteiger charge is 2.30. The van der Waals surface area contributed by atoms with E-state index in [2.05, 4.69) is 149 Å². The van der Waals surface area contributed by atoms with Crippen LogP contribution in [0.5, 0.6) is 0 Å². The van der Waals surface area contributed by atoms with E-state index in [1.807, 2.05) is 24.3 Å². The van der Waals surface area contributed by atoms with Crippen LogP contribution in [0.3, 0.4) is 0 Å². The molecule has 0 spiro atoms. The summed E-state index contributed by atoms with van der Waals surface area (Å²) in [6.07, 6.45) is 86.9. The molecule has 3 N–H and O–H groups in total. The van der Waals surface area contributed by atoms with Crippen molar-refractivity contribution in [3.05, 3.63) is 146 Å². The van der Waals surface area contributed by atoms with Crippen molar-refractivity contribution in [2.24, 2.45) is 0 Å². The van der Waals surface area contributed by atoms with E-state index in [1.54, 1.807) is 0 Å². The number of rotatable bonds is 74. The first-order valence-corrected chi connectivity index (χ1v) is 43.1. The number of allylic oxidation sites excluding steroid dienone is 24. The Bertz CT molecular complexity index is 2540. The van der Waals surface area contributed by atoms with Crippen molar-refractivity contribution >= 4 is 39.5 Å². The molecule has 17 nitrogen and oxygen atoms in total. The molecule has 0 bridgehead atoms. The number of hydrogen-bond donors (Lipinski definition) is 3. The highest BCUT2D eigenvalue weighted by atomic mass is 31.2. The Morgan fingerprint density at radius 1 is 0.279 bits per heavy atom. The molecule has 0 saturated carbocycles. The number of phosphoric ester groups is 2. The highest BCUT2D eigenvalue weighted by molar-refractivity contribution is 7.47. The normalized spacial score (nSPS) is 14.6. The van der Waals surface area contributed by atoms with Gasteiger partial charge >= 0.3 is 39.5 Å². The highest BCUT2D eigenvalue weighted by Crippen LogP contribution is 2.45. The zero-order valence-corrected chi connectivity index (χ0v) is 66.7. The van der Waals surface area contributed by atoms with Gasteiger partial charge in [-0.1, -0.05) is 270 Å². The van der Waals surface area contributed by atoms with Gasteiger partial charge in [0.25, 0.3) is 0 Å². The lowest BCUT2D eigenvalue weighted by molar-refractivity contribution is -0.161. The monoisotopic (exact) mass is 1500 g/mol. The maximum absolute atomic E-state index is 13.1. The third-order valence-electron chi connectivity index (χ3n) is 16.3. The molecular weight excluding hydrogens is 1350 g/mol. The van der Waals surface area contributed by atoms with Crippen molar-refractivity contribution in [3.63, 3.8) is 0 Å². The fourth-order valence-corrected chi connectivity index (χ4v) is 11.7. The van der Waals surface area contributed by atoms with Crippen LogP contribution in [0.25, 0.3) is 0 Å². The lowest BCUT2D eigenvalue weighted by Crippen LogP contribution is -2.30. The minimum absolute atomic E-state index is 0.0104. The average Bonchev–Trinajstić information content (AvgIpc) is 0.909. The standard InChI is InChI=1S/C85H142O17P2/c1-5-9-13-17-21-25-29-33-37-39-43-46-50-54-58-62-66-70-83(88)96-76-80(101-84(89)71-67-63-59-55-51-47-42-36-32-28-24-20-16-12-8-4)77-99-103(91,92)97-73-79(86)74-98-104(93,94)100-78-81(75-95-82(87)69-65-61-57-53-49-45-41-35-31-27-23-19-15-11-7-3)102-85(90)72-68-64-60-56-52-48-44-40-38-34-30-26-22-18-14-10-6-2/h21-22,24-28,31,33-38,41-44,46,48,54,56,58,60,79-81,86H,5-20,23,29-30,32,39-40,45,47,49-53,55,57,59,61-78H2,1-4H3,(H,91,92)(H,93,94)/b25-21-,26-22-,28-24-,31-27-,37-33-,38-34-,41-35-,42-36-,46-43-,48-44-,58-54-,60-56-/t79-,80-,81-/m1/s1. The third kappa shape index (κ3) is 75.2. The fourth-order valence-electron chi connectivity index (χ4n) is 10.1. The minimum Gasteiger partial charge on any atom is -0.462 e. The smallest absolute Gasteiger partial charge is 0.462 e. The minimum atomic E-state index is -5.00. The predicted octanol–water partition coefficient (Wildman–Crippen LogP) is 23.4. The van der Waals surface area contributed by atoms with Gasteiger partial charge in [0.2, 0.25) is 0 Å². The fraction of sp³-hybridized carbons (Fsp3) is 0.671. The summed E-state index contributed by atoms with van der Waals surface area (Å²) in [5.41, 5.74) is 0. The van der Waals surface area contributed by atoms with Gasteiger partial charge in [0, 0.05) is 25.7 Å². The van der Waals surface area contributed by atoms with E-state index in [4.69, 9.17) is 37.0 Å². The maximum atomic E-state index is 13.1. The third-order valence-corrected chi connectivity index (χ3v) is 18.2. The first-order chi connectivity index (χ1) is 50.7. The summed E-state index contributed by atoms with van der Waals surface area (Å²) in [6, 6.07) is 0. The van der Waals surface area contributed by atoms with Crippen molar-refractivity contribution in [1.82, 2.24) is 0 Å². The van der Waals surface area contributed by atoms with Crippen LogP contribution in [0, 0.1) is 0 Å². The second kappa shape index (κ2) is 76.1. The Morgan fingerprint density at radius 3 is 0.846 bits per heavy atom. The van der Waals surface area contributed by atoms with Crippen LogP contribution in [0.4, 0.5) is 0 Å². The van der Waals surface area contributed by atoms with Gasteiger partial charge in [0.1, 0.15) is 19.3 Å². The van der Waals surface area contributed by atoms with Crippen LogP contribution >= 0.6 is 15.6 Å². The van der Waals surface area contributed by atoms with E-state index in [9.17, 15) is 43.2 Å². The van der Waals surface area contributed by atoms with Gasteiger partial charge in [-0.05, 0) is 161 Å². The predicted molar refractivity (Wildman–Crippen MR) is 427 cm³/mol. The molecule has 594 valence electrons. The largest absolute Gasteiger partial charge is 0.472 e. The quantitative estimate of drug-likeness (QED) is 0.0128. The molecule has 0 aliphatic carbocycles. The Labute approximate surface area is 630 Å². The van der Waals surface area contributed by atoms with Gasteiger partial charge in [0.15, 0.2) is 12.2 Å². The van der Waals surface area contributed by atoms with Crippen molar-refractivity contribution in [2.45, 2.75) is 329 Å². The van der Waals surface area contributed by atoms with Crippen LogP contribution in [-0.4, -0.2) is 96.7 Å². The van der Waals surface area contributed by atoms with Crippen molar-refractivity contribution in [2.75, 3.05) is 39.6 Å². The summed E-state index contributed by atoms with van der Waals surface area (Å²) in [5, 5.41) is 10.6. The van der Waals surface area contributed by atoms with Crippen molar-refractivity contribution < 1.29 is 80.2 Å². The molecule has 0 saturated heterocycles. The maximum Gasteiger partial charge on any atom is 0.472 e. The number of esters is 4. The lowest BCUT2D eigenvalue weighted by atomic mass is 10.1. The van der Waals surface area contributed by atoms with Crippen LogP contribution in [-0.2, 0) is 65.4 Å². The number of phosphoric acid groups is 2. The second-order valence-electron chi connectivity index (χ2n) is 26.3. The van der Waals surface area contributed by atoms with Gasteiger partial charge in [-0.2, -0.15) is 0 Å². The zero-order valence-electron chi connectivity index (χ0n) is 64.9. The van der Waals surface area contributed by atoms with E-state index in [0.29, 0.717) is 38.5 Å². The van der Waals surface area contributed by atoms with Crippen LogP contribution < -0.4 is 0 Å². The lowest BCUT2D eigenvalue weighted by Gasteiger charge is -2.21. The number of carbonyl (C=O) groups is 4. The number of hydrogen-bond acceptors (Lipinski definition) is 15. The van der Waals surface area contributed by atoms with Crippen LogP contribution in [0.2, 0.25) is 0 Å². The molecule has 0 rings (SSSR count). The summed E-state index contributed by atoms with van der Waals surface area (Å²) in [5.74, 6) is -2.34. The van der Waals surface area contributed by atoms with Crippen LogP contribution in [0.1, 0.15) is 310 Å². The average molecular weight is 1500 g/mol. The summed E-state index contributed by atoms with van der Waals surface area (Å²) < 4.78 is 68.5. The first kappa shape index (κ1) is 98.9. The van der Waals surface area contributed by atoms with Gasteiger partial charge in [0.05, 0.1) is 26.4 Å². The van der Waals surface area contributed by atoms with E-state index in [0.717, 1.165) is 135 Å². The van der Waals surface area contributed by atoms with E-state index in [1.165, 1.54) is 83.5 Å². The molecule has 0 amide bonds. The molecule has 0 aliphatic rings. The van der Waals surface area contributed by atoms with E-state index < -0.39 is 97.5 Å². The summed E-state index contributed by atoms with van der Waals surface area (Å²) in [7, 11) is -10.0. The molecule has 2 unspecified atom stereocenters. The van der Waals surface area contributed by atoms with Gasteiger partial charge < -0.3 is 33.8 Å². The van der Waals surface area contributed by atoms with Gasteiger partial charge in [-0.15, -0.1) is 0 Å². The molecule has 5 atom stereocenters. The summed E-state index contributed by atoms with van der Waals surface area (Å²) >= 11 is 0. The second-order valence-corrected chi connectivity index (χ2v) is 29.2. The summed E-state index contributed by atoms with van der Waals surface area (Å²) in [6.45, 7) is 4.61. The first-order valence-electron chi connectivity index (χ1n) is 40.1. The Kier molecular flexibility index (Phi) is 72.4. The zero-order chi connectivity index (χ0) is 76.0.